The molecule has 2 saturated carbocycles. The molecule has 0 atom stereocenters. The van der Waals surface area contributed by atoms with Gasteiger partial charge in [0, 0.05) is 17.6 Å². The van der Waals surface area contributed by atoms with Crippen LogP contribution in [-0.2, 0) is 0 Å². The summed E-state index contributed by atoms with van der Waals surface area (Å²) in [5.41, 5.74) is 2.24. The lowest BCUT2D eigenvalue weighted by atomic mass is 10.1. The molecule has 0 amide bonds. The van der Waals surface area contributed by atoms with Crippen LogP contribution in [0.5, 0.6) is 5.75 Å². The average molecular weight is 294 g/mol. The lowest BCUT2D eigenvalue weighted by Crippen LogP contribution is -2.36. The van der Waals surface area contributed by atoms with E-state index in [9.17, 15) is 0 Å². The summed E-state index contributed by atoms with van der Waals surface area (Å²) in [6, 6.07) is 4.69. The first-order valence-corrected chi connectivity index (χ1v) is 8.16. The van der Waals surface area contributed by atoms with Crippen molar-refractivity contribution in [2.45, 2.75) is 45.6 Å². The molecule has 2 aliphatic rings. The Labute approximate surface area is 126 Å². The van der Waals surface area contributed by atoms with E-state index in [1.54, 1.807) is 0 Å². The van der Waals surface area contributed by atoms with Crippen LogP contribution in [0.4, 0.5) is 0 Å². The third-order valence-electron chi connectivity index (χ3n) is 4.41. The smallest absolute Gasteiger partial charge is 0.125 e. The predicted molar refractivity (Wildman–Crippen MR) is 83.7 cm³/mol. The van der Waals surface area contributed by atoms with Crippen LogP contribution in [-0.4, -0.2) is 19.2 Å². The zero-order chi connectivity index (χ0) is 14.1. The van der Waals surface area contributed by atoms with E-state index in [1.165, 1.54) is 25.7 Å². The van der Waals surface area contributed by atoms with Crippen molar-refractivity contribution < 1.29 is 4.74 Å². The Morgan fingerprint density at radius 2 is 1.70 bits per heavy atom. The largest absolute Gasteiger partial charge is 0.492 e. The maximum absolute atomic E-state index is 6.04. The van der Waals surface area contributed by atoms with Gasteiger partial charge in [-0.1, -0.05) is 11.6 Å². The molecule has 3 rings (SSSR count). The highest BCUT2D eigenvalue weighted by atomic mass is 35.5. The normalized spacial score (nSPS) is 18.6. The fourth-order valence-electron chi connectivity index (χ4n) is 3.13. The van der Waals surface area contributed by atoms with E-state index >= 15 is 0 Å². The Kier molecular flexibility index (Phi) is 4.23. The van der Waals surface area contributed by atoms with Crippen molar-refractivity contribution >= 4 is 11.6 Å². The quantitative estimate of drug-likeness (QED) is 0.764. The molecule has 0 bridgehead atoms. The van der Waals surface area contributed by atoms with Gasteiger partial charge in [-0.05, 0) is 74.6 Å². The number of rotatable bonds is 7. The summed E-state index contributed by atoms with van der Waals surface area (Å²) < 4.78 is 5.95. The van der Waals surface area contributed by atoms with E-state index in [-0.39, 0.29) is 0 Å². The van der Waals surface area contributed by atoms with Crippen molar-refractivity contribution in [1.82, 2.24) is 5.32 Å². The summed E-state index contributed by atoms with van der Waals surface area (Å²) in [5.74, 6) is 2.88. The second-order valence-electron chi connectivity index (χ2n) is 6.37. The van der Waals surface area contributed by atoms with Gasteiger partial charge in [0.25, 0.3) is 0 Å². The van der Waals surface area contributed by atoms with Crippen LogP contribution >= 0.6 is 11.6 Å². The van der Waals surface area contributed by atoms with Crippen molar-refractivity contribution in [3.8, 4) is 5.75 Å². The topological polar surface area (TPSA) is 21.3 Å². The number of hydrogen-bond donors (Lipinski definition) is 1. The minimum Gasteiger partial charge on any atom is -0.492 e. The molecule has 3 heteroatoms. The lowest BCUT2D eigenvalue weighted by molar-refractivity contribution is 0.290. The Hall–Kier alpha value is -0.730. The molecule has 20 heavy (non-hydrogen) atoms. The van der Waals surface area contributed by atoms with E-state index in [1.807, 2.05) is 12.1 Å². The van der Waals surface area contributed by atoms with E-state index in [4.69, 9.17) is 16.3 Å². The van der Waals surface area contributed by atoms with Crippen molar-refractivity contribution in [3.05, 3.63) is 28.3 Å². The molecule has 0 radical (unpaired) electrons. The molecule has 0 aromatic heterocycles. The highest BCUT2D eigenvalue weighted by molar-refractivity contribution is 6.30. The minimum atomic E-state index is 0.735. The zero-order valence-corrected chi connectivity index (χ0v) is 13.2. The molecule has 1 aromatic carbocycles. The molecule has 1 N–H and O–H groups in total. The van der Waals surface area contributed by atoms with Gasteiger partial charge in [0.05, 0.1) is 0 Å². The van der Waals surface area contributed by atoms with Gasteiger partial charge in [0.2, 0.25) is 0 Å². The fourth-order valence-corrected chi connectivity index (χ4v) is 3.46. The van der Waals surface area contributed by atoms with Gasteiger partial charge in [0.15, 0.2) is 0 Å². The van der Waals surface area contributed by atoms with Crippen LogP contribution in [0.1, 0.15) is 36.8 Å². The molecule has 2 nitrogen and oxygen atoms in total. The SMILES string of the molecule is Cc1cc(Cl)cc(C)c1OCCNC(C1CC1)C1CC1. The zero-order valence-electron chi connectivity index (χ0n) is 12.4. The van der Waals surface area contributed by atoms with Gasteiger partial charge in [0.1, 0.15) is 12.4 Å². The first-order chi connectivity index (χ1) is 9.65. The van der Waals surface area contributed by atoms with Crippen LogP contribution in [0.25, 0.3) is 0 Å². The molecular formula is C17H24ClNO. The fraction of sp³-hybridized carbons (Fsp3) is 0.647. The summed E-state index contributed by atoms with van der Waals surface area (Å²) in [4.78, 5) is 0. The maximum Gasteiger partial charge on any atom is 0.125 e. The highest BCUT2D eigenvalue weighted by Gasteiger charge is 2.40. The molecule has 1 aromatic rings. The van der Waals surface area contributed by atoms with Gasteiger partial charge in [-0.2, -0.15) is 0 Å². The molecule has 110 valence electrons. The second-order valence-corrected chi connectivity index (χ2v) is 6.81. The van der Waals surface area contributed by atoms with Gasteiger partial charge in [-0.25, -0.2) is 0 Å². The Bertz CT molecular complexity index is 445. The monoisotopic (exact) mass is 293 g/mol. The van der Waals surface area contributed by atoms with Crippen molar-refractivity contribution in [1.29, 1.82) is 0 Å². The van der Waals surface area contributed by atoms with Crippen LogP contribution in [0, 0.1) is 25.7 Å². The molecule has 0 aliphatic heterocycles. The van der Waals surface area contributed by atoms with Gasteiger partial charge in [-0.15, -0.1) is 0 Å². The molecule has 0 unspecified atom stereocenters. The highest BCUT2D eigenvalue weighted by Crippen LogP contribution is 2.44. The van der Waals surface area contributed by atoms with Crippen LogP contribution in [0.2, 0.25) is 5.02 Å². The minimum absolute atomic E-state index is 0.735. The molecular weight excluding hydrogens is 270 g/mol. The first-order valence-electron chi connectivity index (χ1n) is 7.78. The summed E-state index contributed by atoms with van der Waals surface area (Å²) in [5, 5.41) is 4.50. The van der Waals surface area contributed by atoms with Gasteiger partial charge in [-0.3, -0.25) is 0 Å². The van der Waals surface area contributed by atoms with Crippen LogP contribution in [0.3, 0.4) is 0 Å². The van der Waals surface area contributed by atoms with Gasteiger partial charge >= 0.3 is 0 Å². The Morgan fingerprint density at radius 1 is 1.15 bits per heavy atom. The molecule has 0 heterocycles. The van der Waals surface area contributed by atoms with Crippen LogP contribution < -0.4 is 10.1 Å². The number of aryl methyl sites for hydroxylation is 2. The summed E-state index contributed by atoms with van der Waals surface area (Å²) in [7, 11) is 0. The average Bonchev–Trinajstić information content (AvgIpc) is 3.25. The standard InChI is InChI=1S/C17H24ClNO/c1-11-9-15(18)10-12(2)17(11)20-8-7-19-16(13-3-4-13)14-5-6-14/h9-10,13-14,16,19H,3-8H2,1-2H3. The maximum atomic E-state index is 6.04. The summed E-state index contributed by atoms with van der Waals surface area (Å²) in [6.45, 7) is 5.79. The first kappa shape index (κ1) is 14.2. The molecule has 2 fully saturated rings. The molecule has 0 saturated heterocycles. The number of hydrogen-bond acceptors (Lipinski definition) is 2. The van der Waals surface area contributed by atoms with Crippen molar-refractivity contribution in [2.75, 3.05) is 13.2 Å². The van der Waals surface area contributed by atoms with Crippen molar-refractivity contribution in [2.24, 2.45) is 11.8 Å². The lowest BCUT2D eigenvalue weighted by Gasteiger charge is -2.18. The predicted octanol–water partition coefficient (Wildman–Crippen LogP) is 4.11. The van der Waals surface area contributed by atoms with Crippen LogP contribution in [0.15, 0.2) is 12.1 Å². The molecule has 0 spiro atoms. The van der Waals surface area contributed by atoms with Crippen molar-refractivity contribution in [3.63, 3.8) is 0 Å². The number of ether oxygens (including phenoxy) is 1. The Balaban J connectivity index is 1.47. The number of benzene rings is 1. The summed E-state index contributed by atoms with van der Waals surface area (Å²) >= 11 is 6.04. The summed E-state index contributed by atoms with van der Waals surface area (Å²) in [6.07, 6.45) is 5.68. The second kappa shape index (κ2) is 5.95. The van der Waals surface area contributed by atoms with E-state index in [0.29, 0.717) is 0 Å². The van der Waals surface area contributed by atoms with E-state index < -0.39 is 0 Å². The third kappa shape index (κ3) is 3.48. The third-order valence-corrected chi connectivity index (χ3v) is 4.63. The van der Waals surface area contributed by atoms with E-state index in [0.717, 1.165) is 52.9 Å². The van der Waals surface area contributed by atoms with E-state index in [2.05, 4.69) is 19.2 Å². The Morgan fingerprint density at radius 3 is 2.20 bits per heavy atom. The number of nitrogens with one attached hydrogen (secondary N) is 1. The van der Waals surface area contributed by atoms with Gasteiger partial charge < -0.3 is 10.1 Å². The number of halogens is 1. The molecule has 2 aliphatic carbocycles.